The summed E-state index contributed by atoms with van der Waals surface area (Å²) in [5.41, 5.74) is 2.31. The zero-order valence-electron chi connectivity index (χ0n) is 9.68. The van der Waals surface area contributed by atoms with E-state index in [0.717, 1.165) is 12.0 Å². The highest BCUT2D eigenvalue weighted by Gasteiger charge is 2.02. The van der Waals surface area contributed by atoms with Crippen LogP contribution in [0.5, 0.6) is 0 Å². The smallest absolute Gasteiger partial charge is 0.387 e. The predicted molar refractivity (Wildman–Crippen MR) is 58.7 cm³/mol. The summed E-state index contributed by atoms with van der Waals surface area (Å²) in [5, 5.41) is 0. The van der Waals surface area contributed by atoms with Gasteiger partial charge in [-0.05, 0) is 39.3 Å². The van der Waals surface area contributed by atoms with E-state index in [1.165, 1.54) is 11.6 Å². The Labute approximate surface area is 90.1 Å². The molecule has 1 nitrogen and oxygen atoms in total. The molecule has 0 radical (unpaired) electrons. The van der Waals surface area contributed by atoms with Crippen molar-refractivity contribution in [1.29, 1.82) is 0 Å². The summed E-state index contributed by atoms with van der Waals surface area (Å²) in [5.74, 6) is 0.188. The van der Waals surface area contributed by atoms with Crippen molar-refractivity contribution < 1.29 is 13.5 Å². The van der Waals surface area contributed by atoms with Gasteiger partial charge in [0, 0.05) is 0 Å². The van der Waals surface area contributed by atoms with E-state index >= 15 is 0 Å². The summed E-state index contributed by atoms with van der Waals surface area (Å²) in [4.78, 5) is 0. The summed E-state index contributed by atoms with van der Waals surface area (Å²) >= 11 is 0. The van der Waals surface area contributed by atoms with Crippen LogP contribution in [0.15, 0.2) is 35.1 Å². The second-order valence-electron chi connectivity index (χ2n) is 3.22. The Hall–Kier alpha value is -1.12. The van der Waals surface area contributed by atoms with Crippen molar-refractivity contribution in [3.05, 3.63) is 35.1 Å². The molecule has 0 amide bonds. The molecule has 0 bridgehead atoms. The van der Waals surface area contributed by atoms with E-state index in [4.69, 9.17) is 0 Å². The standard InChI is InChI=1S/C12H18F2O/c1-5-9(3)10(4)7-8-11(6-2)15-12(13)14/h6-8,12H,5H2,1-4H3/b8-7-,10-9-,11-6+. The zero-order valence-corrected chi connectivity index (χ0v) is 9.68. The van der Waals surface area contributed by atoms with E-state index in [1.807, 2.05) is 13.8 Å². The van der Waals surface area contributed by atoms with Gasteiger partial charge in [0.25, 0.3) is 0 Å². The third-order valence-corrected chi connectivity index (χ3v) is 2.21. The first kappa shape index (κ1) is 13.9. The molecular weight excluding hydrogens is 198 g/mol. The van der Waals surface area contributed by atoms with Gasteiger partial charge in [0.15, 0.2) is 0 Å². The van der Waals surface area contributed by atoms with Gasteiger partial charge in [-0.2, -0.15) is 8.78 Å². The largest absolute Gasteiger partial charge is 0.435 e. The zero-order chi connectivity index (χ0) is 11.8. The normalized spacial score (nSPS) is 14.7. The van der Waals surface area contributed by atoms with Crippen LogP contribution < -0.4 is 0 Å². The number of allylic oxidation sites excluding steroid dienone is 5. The molecule has 0 atom stereocenters. The van der Waals surface area contributed by atoms with Crippen molar-refractivity contribution >= 4 is 0 Å². The minimum atomic E-state index is -2.77. The summed E-state index contributed by atoms with van der Waals surface area (Å²) < 4.78 is 28.1. The van der Waals surface area contributed by atoms with Crippen LogP contribution in [0.25, 0.3) is 0 Å². The molecule has 0 saturated heterocycles. The molecule has 0 aromatic rings. The van der Waals surface area contributed by atoms with Crippen LogP contribution in [0.2, 0.25) is 0 Å². The highest BCUT2D eigenvalue weighted by atomic mass is 19.3. The lowest BCUT2D eigenvalue weighted by atomic mass is 10.1. The maximum Gasteiger partial charge on any atom is 0.387 e. The minimum absolute atomic E-state index is 0.188. The number of alkyl halides is 2. The molecule has 0 aromatic carbocycles. The van der Waals surface area contributed by atoms with Gasteiger partial charge >= 0.3 is 6.61 Å². The monoisotopic (exact) mass is 216 g/mol. The van der Waals surface area contributed by atoms with Crippen molar-refractivity contribution in [3.63, 3.8) is 0 Å². The topological polar surface area (TPSA) is 9.23 Å². The fraction of sp³-hybridized carbons (Fsp3) is 0.500. The summed E-state index contributed by atoms with van der Waals surface area (Å²) in [7, 11) is 0. The average Bonchev–Trinajstić information content (AvgIpc) is 2.21. The van der Waals surface area contributed by atoms with E-state index in [1.54, 1.807) is 19.1 Å². The van der Waals surface area contributed by atoms with Gasteiger partial charge in [0.05, 0.1) is 0 Å². The molecule has 0 aliphatic carbocycles. The number of halogens is 2. The van der Waals surface area contributed by atoms with Gasteiger partial charge in [0.2, 0.25) is 0 Å². The van der Waals surface area contributed by atoms with Gasteiger partial charge in [-0.15, -0.1) is 0 Å². The molecule has 0 aromatic heterocycles. The third-order valence-electron chi connectivity index (χ3n) is 2.21. The first-order chi connectivity index (χ1) is 7.01. The fourth-order valence-electron chi connectivity index (χ4n) is 0.935. The Morgan fingerprint density at radius 1 is 1.27 bits per heavy atom. The molecule has 0 spiro atoms. The maximum atomic E-state index is 11.9. The predicted octanol–water partition coefficient (Wildman–Crippen LogP) is 4.43. The lowest BCUT2D eigenvalue weighted by Gasteiger charge is -2.04. The molecule has 86 valence electrons. The Kier molecular flexibility index (Phi) is 6.67. The lowest BCUT2D eigenvalue weighted by Crippen LogP contribution is -1.96. The van der Waals surface area contributed by atoms with E-state index in [-0.39, 0.29) is 5.76 Å². The fourth-order valence-corrected chi connectivity index (χ4v) is 0.935. The summed E-state index contributed by atoms with van der Waals surface area (Å²) in [6.07, 6.45) is 5.81. The highest BCUT2D eigenvalue weighted by molar-refractivity contribution is 5.26. The molecule has 0 unspecified atom stereocenters. The van der Waals surface area contributed by atoms with Crippen molar-refractivity contribution in [1.82, 2.24) is 0 Å². The van der Waals surface area contributed by atoms with Gasteiger partial charge in [-0.3, -0.25) is 0 Å². The Morgan fingerprint density at radius 2 is 1.87 bits per heavy atom. The third kappa shape index (κ3) is 6.05. The van der Waals surface area contributed by atoms with Crippen molar-refractivity contribution in [2.75, 3.05) is 0 Å². The summed E-state index contributed by atoms with van der Waals surface area (Å²) in [6, 6.07) is 0. The van der Waals surface area contributed by atoms with Crippen LogP contribution in [0.3, 0.4) is 0 Å². The maximum absolute atomic E-state index is 11.9. The van der Waals surface area contributed by atoms with Crippen LogP contribution in [-0.2, 0) is 4.74 Å². The molecule has 0 aliphatic heterocycles. The molecule has 0 N–H and O–H groups in total. The van der Waals surface area contributed by atoms with Gasteiger partial charge in [-0.25, -0.2) is 0 Å². The molecule has 15 heavy (non-hydrogen) atoms. The van der Waals surface area contributed by atoms with Crippen LogP contribution in [0.1, 0.15) is 34.1 Å². The Bertz CT molecular complexity index is 275. The number of hydrogen-bond acceptors (Lipinski definition) is 1. The van der Waals surface area contributed by atoms with E-state index in [0.29, 0.717) is 0 Å². The molecular formula is C12H18F2O. The van der Waals surface area contributed by atoms with Crippen LogP contribution in [0.4, 0.5) is 8.78 Å². The number of ether oxygens (including phenoxy) is 1. The van der Waals surface area contributed by atoms with Crippen molar-refractivity contribution in [2.45, 2.75) is 40.7 Å². The van der Waals surface area contributed by atoms with E-state index in [9.17, 15) is 8.78 Å². The molecule has 0 heterocycles. The van der Waals surface area contributed by atoms with Gasteiger partial charge in [0.1, 0.15) is 5.76 Å². The lowest BCUT2D eigenvalue weighted by molar-refractivity contribution is -0.0921. The first-order valence-electron chi connectivity index (χ1n) is 4.96. The average molecular weight is 216 g/mol. The molecule has 0 rings (SSSR count). The molecule has 0 fully saturated rings. The Morgan fingerprint density at radius 3 is 2.27 bits per heavy atom. The molecule has 0 aliphatic rings. The SMILES string of the molecule is C\C=C(/C=C\C(C)=C(\C)CC)OC(F)F. The minimum Gasteiger partial charge on any atom is -0.435 e. The first-order valence-corrected chi connectivity index (χ1v) is 4.96. The number of rotatable bonds is 5. The van der Waals surface area contributed by atoms with Gasteiger partial charge in [-0.1, -0.05) is 24.1 Å². The summed E-state index contributed by atoms with van der Waals surface area (Å²) in [6.45, 7) is 4.91. The second-order valence-corrected chi connectivity index (χ2v) is 3.22. The van der Waals surface area contributed by atoms with E-state index < -0.39 is 6.61 Å². The van der Waals surface area contributed by atoms with Crippen LogP contribution >= 0.6 is 0 Å². The second kappa shape index (κ2) is 7.21. The molecule has 0 saturated carbocycles. The van der Waals surface area contributed by atoms with Crippen molar-refractivity contribution in [2.24, 2.45) is 0 Å². The van der Waals surface area contributed by atoms with Crippen LogP contribution in [0, 0.1) is 0 Å². The molecule has 3 heteroatoms. The number of hydrogen-bond donors (Lipinski definition) is 0. The van der Waals surface area contributed by atoms with Crippen molar-refractivity contribution in [3.8, 4) is 0 Å². The highest BCUT2D eigenvalue weighted by Crippen LogP contribution is 2.12. The van der Waals surface area contributed by atoms with E-state index in [2.05, 4.69) is 11.7 Å². The van der Waals surface area contributed by atoms with Gasteiger partial charge < -0.3 is 4.74 Å². The Balaban J connectivity index is 4.50. The quantitative estimate of drug-likeness (QED) is 0.488. The van der Waals surface area contributed by atoms with Crippen LogP contribution in [-0.4, -0.2) is 6.61 Å².